The summed E-state index contributed by atoms with van der Waals surface area (Å²) in [5.74, 6) is -2.02. The molecule has 2 aromatic rings. The van der Waals surface area contributed by atoms with E-state index in [-0.39, 0.29) is 24.7 Å². The van der Waals surface area contributed by atoms with E-state index < -0.39 is 28.8 Å². The maximum absolute atomic E-state index is 13.3. The number of ether oxygens (including phenoxy) is 1. The second-order valence-corrected chi connectivity index (χ2v) is 8.42. The number of carbonyl (C=O) groups is 3. The van der Waals surface area contributed by atoms with Crippen molar-refractivity contribution in [3.05, 3.63) is 71.8 Å². The van der Waals surface area contributed by atoms with E-state index in [0.717, 1.165) is 11.1 Å². The Morgan fingerprint density at radius 2 is 1.62 bits per heavy atom. The summed E-state index contributed by atoms with van der Waals surface area (Å²) in [7, 11) is 0. The van der Waals surface area contributed by atoms with Crippen LogP contribution in [0.1, 0.15) is 43.5 Å². The van der Waals surface area contributed by atoms with Crippen LogP contribution in [0.4, 0.5) is 0 Å². The van der Waals surface area contributed by atoms with Crippen LogP contribution in [-0.4, -0.2) is 34.0 Å². The lowest BCUT2D eigenvalue weighted by molar-refractivity contribution is -0.162. The fraction of sp³-hybridized carbons (Fsp3) is 0.348. The first-order chi connectivity index (χ1) is 14.0. The van der Waals surface area contributed by atoms with Gasteiger partial charge in [-0.05, 0) is 25.0 Å². The van der Waals surface area contributed by atoms with Crippen molar-refractivity contribution >= 4 is 33.6 Å². The summed E-state index contributed by atoms with van der Waals surface area (Å²) >= 11 is 3.39. The Labute approximate surface area is 179 Å². The van der Waals surface area contributed by atoms with Crippen molar-refractivity contribution in [1.82, 2.24) is 4.90 Å². The molecular weight excluding hydrogens is 434 g/mol. The first kappa shape index (κ1) is 21.2. The highest BCUT2D eigenvalue weighted by Gasteiger charge is 2.50. The van der Waals surface area contributed by atoms with Crippen molar-refractivity contribution in [1.29, 1.82) is 0 Å². The van der Waals surface area contributed by atoms with E-state index in [1.807, 2.05) is 60.7 Å². The minimum atomic E-state index is -1.05. The summed E-state index contributed by atoms with van der Waals surface area (Å²) in [6.07, 6.45) is 0.0717. The summed E-state index contributed by atoms with van der Waals surface area (Å²) < 4.78 is 5.22. The summed E-state index contributed by atoms with van der Waals surface area (Å²) in [5.41, 5.74) is 1.60. The number of hydrogen-bond acceptors (Lipinski definition) is 4. The molecule has 29 heavy (non-hydrogen) atoms. The summed E-state index contributed by atoms with van der Waals surface area (Å²) in [6.45, 7) is 3.64. The zero-order chi connectivity index (χ0) is 21.0. The SMILES string of the molecule is CCOC(=O)C1C(=O)CC(c2ccccc2)N(C(=O)C(C)Br)C1c1ccccc1. The molecule has 5 nitrogen and oxygen atoms in total. The lowest BCUT2D eigenvalue weighted by Gasteiger charge is -2.45. The largest absolute Gasteiger partial charge is 0.465 e. The van der Waals surface area contributed by atoms with Crippen LogP contribution in [0.2, 0.25) is 0 Å². The Balaban J connectivity index is 2.17. The average Bonchev–Trinajstić information content (AvgIpc) is 2.73. The molecule has 2 aromatic carbocycles. The number of piperidine rings is 1. The van der Waals surface area contributed by atoms with E-state index in [2.05, 4.69) is 15.9 Å². The van der Waals surface area contributed by atoms with E-state index in [4.69, 9.17) is 4.74 Å². The molecule has 6 heteroatoms. The number of esters is 1. The fourth-order valence-corrected chi connectivity index (χ4v) is 4.13. The van der Waals surface area contributed by atoms with Crippen LogP contribution in [-0.2, 0) is 19.1 Å². The molecule has 4 unspecified atom stereocenters. The van der Waals surface area contributed by atoms with Crippen molar-refractivity contribution in [2.75, 3.05) is 6.61 Å². The van der Waals surface area contributed by atoms with E-state index in [9.17, 15) is 14.4 Å². The van der Waals surface area contributed by atoms with E-state index >= 15 is 0 Å². The van der Waals surface area contributed by atoms with Crippen LogP contribution in [0.15, 0.2) is 60.7 Å². The van der Waals surface area contributed by atoms with Gasteiger partial charge in [-0.1, -0.05) is 76.6 Å². The molecule has 0 N–H and O–H groups in total. The first-order valence-corrected chi connectivity index (χ1v) is 10.6. The Morgan fingerprint density at radius 1 is 1.07 bits per heavy atom. The number of halogens is 1. The third kappa shape index (κ3) is 4.42. The van der Waals surface area contributed by atoms with Gasteiger partial charge in [0, 0.05) is 6.42 Å². The molecule has 0 spiro atoms. The van der Waals surface area contributed by atoms with E-state index in [1.165, 1.54) is 0 Å². The molecular formula is C23H24BrNO4. The number of Topliss-reactive ketones (excluding diaryl/α,β-unsaturated/α-hetero) is 1. The monoisotopic (exact) mass is 457 g/mol. The molecule has 1 aliphatic rings. The number of hydrogen-bond donors (Lipinski definition) is 0. The number of amides is 1. The molecule has 0 radical (unpaired) electrons. The Morgan fingerprint density at radius 3 is 2.14 bits per heavy atom. The molecule has 152 valence electrons. The first-order valence-electron chi connectivity index (χ1n) is 9.71. The molecule has 0 saturated carbocycles. The second-order valence-electron chi connectivity index (χ2n) is 7.04. The summed E-state index contributed by atoms with van der Waals surface area (Å²) in [5, 5.41) is 0. The normalized spacial score (nSPS) is 22.8. The van der Waals surface area contributed by atoms with Crippen molar-refractivity contribution in [2.45, 2.75) is 37.2 Å². The smallest absolute Gasteiger partial charge is 0.318 e. The lowest BCUT2D eigenvalue weighted by Crippen LogP contribution is -2.52. The fourth-order valence-electron chi connectivity index (χ4n) is 3.89. The third-order valence-corrected chi connectivity index (χ3v) is 5.55. The van der Waals surface area contributed by atoms with Gasteiger partial charge in [-0.15, -0.1) is 0 Å². The van der Waals surface area contributed by atoms with Crippen LogP contribution in [0.25, 0.3) is 0 Å². The molecule has 0 bridgehead atoms. The topological polar surface area (TPSA) is 63.7 Å². The molecule has 1 saturated heterocycles. The van der Waals surface area contributed by atoms with Gasteiger partial charge < -0.3 is 9.64 Å². The molecule has 1 amide bonds. The molecule has 4 atom stereocenters. The number of likely N-dealkylation sites (tertiary alicyclic amines) is 1. The molecule has 0 aliphatic carbocycles. The van der Waals surface area contributed by atoms with Crippen LogP contribution in [0.3, 0.4) is 0 Å². The van der Waals surface area contributed by atoms with Crippen molar-refractivity contribution in [3.63, 3.8) is 0 Å². The van der Waals surface area contributed by atoms with Gasteiger partial charge in [-0.3, -0.25) is 14.4 Å². The number of alkyl halides is 1. The van der Waals surface area contributed by atoms with E-state index in [1.54, 1.807) is 18.7 Å². The van der Waals surface area contributed by atoms with E-state index in [0.29, 0.717) is 0 Å². The average molecular weight is 458 g/mol. The third-order valence-electron chi connectivity index (χ3n) is 5.15. The number of carbonyl (C=O) groups excluding carboxylic acids is 3. The molecule has 0 aromatic heterocycles. The van der Waals surface area contributed by atoms with Gasteiger partial charge in [0.1, 0.15) is 5.92 Å². The summed E-state index contributed by atoms with van der Waals surface area (Å²) in [6, 6.07) is 17.5. The molecule has 1 fully saturated rings. The predicted molar refractivity (Wildman–Crippen MR) is 113 cm³/mol. The number of nitrogens with zero attached hydrogens (tertiary/aromatic N) is 1. The summed E-state index contributed by atoms with van der Waals surface area (Å²) in [4.78, 5) is 40.5. The lowest BCUT2D eigenvalue weighted by atomic mass is 9.78. The number of ketones is 1. The van der Waals surface area contributed by atoms with Crippen molar-refractivity contribution in [2.24, 2.45) is 5.92 Å². The zero-order valence-electron chi connectivity index (χ0n) is 16.5. The second kappa shape index (κ2) is 9.35. The van der Waals surface area contributed by atoms with Crippen LogP contribution < -0.4 is 0 Å². The Bertz CT molecular complexity index is 869. The van der Waals surface area contributed by atoms with Crippen LogP contribution in [0.5, 0.6) is 0 Å². The highest BCUT2D eigenvalue weighted by Crippen LogP contribution is 2.44. The van der Waals surface area contributed by atoms with Crippen molar-refractivity contribution < 1.29 is 19.1 Å². The standard InChI is InChI=1S/C23H24BrNO4/c1-3-29-23(28)20-19(26)14-18(16-10-6-4-7-11-16)25(22(27)15(2)24)21(20)17-12-8-5-9-13-17/h4-13,15,18,20-21H,3,14H2,1-2H3. The van der Waals surface area contributed by atoms with Gasteiger partial charge in [0.05, 0.1) is 23.5 Å². The molecule has 3 rings (SSSR count). The van der Waals surface area contributed by atoms with Gasteiger partial charge in [-0.25, -0.2) is 0 Å². The van der Waals surface area contributed by atoms with Crippen molar-refractivity contribution in [3.8, 4) is 0 Å². The molecule has 1 aliphatic heterocycles. The van der Waals surface area contributed by atoms with Gasteiger partial charge in [0.25, 0.3) is 0 Å². The minimum absolute atomic E-state index is 0.0717. The van der Waals surface area contributed by atoms with Gasteiger partial charge in [-0.2, -0.15) is 0 Å². The number of benzene rings is 2. The maximum atomic E-state index is 13.3. The highest BCUT2D eigenvalue weighted by atomic mass is 79.9. The maximum Gasteiger partial charge on any atom is 0.318 e. The van der Waals surface area contributed by atoms with Gasteiger partial charge in [0.2, 0.25) is 5.91 Å². The van der Waals surface area contributed by atoms with Gasteiger partial charge >= 0.3 is 5.97 Å². The quantitative estimate of drug-likeness (QED) is 0.382. The predicted octanol–water partition coefficient (Wildman–Crippen LogP) is 4.23. The van der Waals surface area contributed by atoms with Crippen LogP contribution >= 0.6 is 15.9 Å². The zero-order valence-corrected chi connectivity index (χ0v) is 18.0. The number of rotatable bonds is 5. The molecule has 1 heterocycles. The highest BCUT2D eigenvalue weighted by molar-refractivity contribution is 9.10. The van der Waals surface area contributed by atoms with Gasteiger partial charge in [0.15, 0.2) is 5.78 Å². The minimum Gasteiger partial charge on any atom is -0.465 e. The van der Waals surface area contributed by atoms with Crippen LogP contribution in [0, 0.1) is 5.92 Å². The Kier molecular flexibility index (Phi) is 6.85. The Hall–Kier alpha value is -2.47.